The predicted molar refractivity (Wildman–Crippen MR) is 145 cm³/mol. The summed E-state index contributed by atoms with van der Waals surface area (Å²) in [6.07, 6.45) is 5.89. The van der Waals surface area contributed by atoms with Gasteiger partial charge in [-0.3, -0.25) is 9.59 Å². The van der Waals surface area contributed by atoms with Gasteiger partial charge in [0.1, 0.15) is 17.3 Å². The minimum absolute atomic E-state index is 0.0863. The number of ketones is 1. The van der Waals surface area contributed by atoms with Crippen molar-refractivity contribution in [3.8, 4) is 11.5 Å². The largest absolute Gasteiger partial charge is 0.507 e. The second-order valence-electron chi connectivity index (χ2n) is 9.45. The molecule has 0 aliphatic carbocycles. The number of aliphatic hydroxyl groups is 1. The van der Waals surface area contributed by atoms with Gasteiger partial charge in [-0.05, 0) is 61.7 Å². The highest BCUT2D eigenvalue weighted by atomic mass is 16.5. The van der Waals surface area contributed by atoms with Crippen LogP contribution in [0, 0.1) is 13.8 Å². The first kappa shape index (κ1) is 25.0. The Morgan fingerprint density at radius 3 is 2.50 bits per heavy atom. The zero-order chi connectivity index (χ0) is 26.6. The molecule has 1 aliphatic rings. The number of nitrogens with zero attached hydrogens (tertiary/aromatic N) is 3. The van der Waals surface area contributed by atoms with Crippen molar-refractivity contribution in [2.24, 2.45) is 0 Å². The van der Waals surface area contributed by atoms with Crippen molar-refractivity contribution in [1.82, 2.24) is 14.5 Å². The number of aliphatic hydroxyl groups excluding tert-OH is 1. The van der Waals surface area contributed by atoms with Crippen LogP contribution in [0.5, 0.6) is 11.5 Å². The van der Waals surface area contributed by atoms with Crippen molar-refractivity contribution in [2.45, 2.75) is 32.9 Å². The number of Topliss-reactive ketones (excluding diaryl/α,β-unsaturated/α-hetero) is 1. The van der Waals surface area contributed by atoms with E-state index < -0.39 is 17.7 Å². The van der Waals surface area contributed by atoms with Crippen LogP contribution in [0.1, 0.15) is 34.7 Å². The summed E-state index contributed by atoms with van der Waals surface area (Å²) >= 11 is 0. The molecular formula is C31H29N3O4. The number of amides is 1. The fourth-order valence-electron chi connectivity index (χ4n) is 4.81. The van der Waals surface area contributed by atoms with Gasteiger partial charge in [0.15, 0.2) is 0 Å². The van der Waals surface area contributed by atoms with Crippen LogP contribution in [-0.4, -0.2) is 37.8 Å². The first-order valence-electron chi connectivity index (χ1n) is 12.6. The lowest BCUT2D eigenvalue weighted by molar-refractivity contribution is -0.139. The monoisotopic (exact) mass is 507 g/mol. The van der Waals surface area contributed by atoms with Crippen molar-refractivity contribution in [1.29, 1.82) is 0 Å². The lowest BCUT2D eigenvalue weighted by atomic mass is 9.93. The molecule has 0 bridgehead atoms. The zero-order valence-electron chi connectivity index (χ0n) is 21.4. The number of imidazole rings is 1. The zero-order valence-corrected chi connectivity index (χ0v) is 21.4. The number of carbonyl (C=O) groups is 2. The van der Waals surface area contributed by atoms with E-state index in [-0.39, 0.29) is 11.3 Å². The summed E-state index contributed by atoms with van der Waals surface area (Å²) in [6.45, 7) is 4.77. The van der Waals surface area contributed by atoms with Crippen LogP contribution in [0.15, 0.2) is 97.1 Å². The highest BCUT2D eigenvalue weighted by Crippen LogP contribution is 2.41. The first-order chi connectivity index (χ1) is 18.4. The SMILES string of the molecule is Cc1ccc(C)c(C(O)=C2C(=O)C(=O)N(CCCn3ccnc3)C2c2cccc(Oc3ccccc3)c2)c1. The lowest BCUT2D eigenvalue weighted by Crippen LogP contribution is -2.31. The molecule has 38 heavy (non-hydrogen) atoms. The van der Waals surface area contributed by atoms with Crippen LogP contribution < -0.4 is 4.74 Å². The Hall–Kier alpha value is -4.65. The predicted octanol–water partition coefficient (Wildman–Crippen LogP) is 5.80. The van der Waals surface area contributed by atoms with E-state index in [0.717, 1.165) is 11.1 Å². The number of aryl methyl sites for hydroxylation is 3. The minimum Gasteiger partial charge on any atom is -0.507 e. The van der Waals surface area contributed by atoms with Gasteiger partial charge in [0.25, 0.3) is 11.7 Å². The molecular weight excluding hydrogens is 478 g/mol. The number of ether oxygens (including phenoxy) is 1. The summed E-state index contributed by atoms with van der Waals surface area (Å²) < 4.78 is 7.96. The molecule has 0 radical (unpaired) electrons. The molecule has 1 saturated heterocycles. The first-order valence-corrected chi connectivity index (χ1v) is 12.6. The molecule has 7 nitrogen and oxygen atoms in total. The maximum atomic E-state index is 13.4. The molecule has 0 spiro atoms. The molecule has 0 saturated carbocycles. The van der Waals surface area contributed by atoms with E-state index in [4.69, 9.17) is 4.74 Å². The Balaban J connectivity index is 1.56. The van der Waals surface area contributed by atoms with Crippen LogP contribution in [0.25, 0.3) is 5.76 Å². The number of benzene rings is 3. The molecule has 7 heteroatoms. The maximum Gasteiger partial charge on any atom is 0.295 e. The van der Waals surface area contributed by atoms with E-state index in [1.54, 1.807) is 17.4 Å². The highest BCUT2D eigenvalue weighted by Gasteiger charge is 2.46. The molecule has 1 atom stereocenters. The smallest absolute Gasteiger partial charge is 0.295 e. The van der Waals surface area contributed by atoms with Gasteiger partial charge in [-0.25, -0.2) is 4.98 Å². The van der Waals surface area contributed by atoms with Gasteiger partial charge < -0.3 is 19.3 Å². The summed E-state index contributed by atoms with van der Waals surface area (Å²) in [7, 11) is 0. The molecule has 5 rings (SSSR count). The number of hydrogen-bond acceptors (Lipinski definition) is 5. The fraction of sp³-hybridized carbons (Fsp3) is 0.194. The second kappa shape index (κ2) is 10.8. The summed E-state index contributed by atoms with van der Waals surface area (Å²) in [4.78, 5) is 32.4. The maximum absolute atomic E-state index is 13.4. The van der Waals surface area contributed by atoms with E-state index in [1.807, 2.05) is 97.4 Å². The van der Waals surface area contributed by atoms with Crippen molar-refractivity contribution >= 4 is 17.4 Å². The van der Waals surface area contributed by atoms with E-state index in [1.165, 1.54) is 0 Å². The van der Waals surface area contributed by atoms with E-state index >= 15 is 0 Å². The van der Waals surface area contributed by atoms with Crippen LogP contribution in [0.3, 0.4) is 0 Å². The quantitative estimate of drug-likeness (QED) is 0.185. The van der Waals surface area contributed by atoms with Gasteiger partial charge in [0, 0.05) is 31.0 Å². The summed E-state index contributed by atoms with van der Waals surface area (Å²) in [5.41, 5.74) is 3.08. The van der Waals surface area contributed by atoms with Crippen molar-refractivity contribution in [3.63, 3.8) is 0 Å². The molecule has 1 unspecified atom stereocenters. The van der Waals surface area contributed by atoms with Crippen LogP contribution in [0.2, 0.25) is 0 Å². The van der Waals surface area contributed by atoms with Gasteiger partial charge in [0.05, 0.1) is 17.9 Å². The summed E-state index contributed by atoms with van der Waals surface area (Å²) in [5, 5.41) is 11.5. The van der Waals surface area contributed by atoms with E-state index in [9.17, 15) is 14.7 Å². The minimum atomic E-state index is -0.753. The molecule has 3 aromatic carbocycles. The van der Waals surface area contributed by atoms with E-state index in [2.05, 4.69) is 4.98 Å². The molecule has 4 aromatic rings. The Labute approximate surface area is 221 Å². The van der Waals surface area contributed by atoms with Gasteiger partial charge in [-0.1, -0.05) is 48.0 Å². The van der Waals surface area contributed by atoms with Crippen LogP contribution >= 0.6 is 0 Å². The summed E-state index contributed by atoms with van der Waals surface area (Å²) in [6, 6.07) is 21.7. The third kappa shape index (κ3) is 5.09. The topological polar surface area (TPSA) is 84.7 Å². The molecule has 1 N–H and O–H groups in total. The fourth-order valence-corrected chi connectivity index (χ4v) is 4.81. The van der Waals surface area contributed by atoms with Gasteiger partial charge >= 0.3 is 0 Å². The number of para-hydroxylation sites is 1. The van der Waals surface area contributed by atoms with E-state index in [0.29, 0.717) is 42.1 Å². The second-order valence-corrected chi connectivity index (χ2v) is 9.45. The summed E-state index contributed by atoms with van der Waals surface area (Å²) in [5.74, 6) is -0.229. The van der Waals surface area contributed by atoms with Gasteiger partial charge in [0.2, 0.25) is 0 Å². The third-order valence-corrected chi connectivity index (χ3v) is 6.72. The lowest BCUT2D eigenvalue weighted by Gasteiger charge is -2.26. The van der Waals surface area contributed by atoms with Crippen LogP contribution in [0.4, 0.5) is 0 Å². The molecule has 1 amide bonds. The molecule has 2 heterocycles. The Morgan fingerprint density at radius 1 is 0.947 bits per heavy atom. The van der Waals surface area contributed by atoms with Crippen molar-refractivity contribution in [2.75, 3.05) is 6.54 Å². The number of likely N-dealkylation sites (tertiary alicyclic amines) is 1. The number of carbonyl (C=O) groups excluding carboxylic acids is 2. The average molecular weight is 508 g/mol. The van der Waals surface area contributed by atoms with Gasteiger partial charge in [-0.15, -0.1) is 0 Å². The van der Waals surface area contributed by atoms with Crippen molar-refractivity contribution in [3.05, 3.63) is 119 Å². The average Bonchev–Trinajstić information content (AvgIpc) is 3.53. The molecule has 1 aliphatic heterocycles. The Morgan fingerprint density at radius 2 is 1.74 bits per heavy atom. The number of aromatic nitrogens is 2. The highest BCUT2D eigenvalue weighted by molar-refractivity contribution is 6.46. The van der Waals surface area contributed by atoms with Gasteiger partial charge in [-0.2, -0.15) is 0 Å². The standard InChI is InChI=1S/C31H29N3O4/c1-21-12-13-22(2)26(18-21)29(35)27-28(23-8-6-11-25(19-23)38-24-9-4-3-5-10-24)34(31(37)30(27)36)16-7-15-33-17-14-32-20-33/h3-6,8-14,17-20,28,35H,7,15-16H2,1-2H3. The van der Waals surface area contributed by atoms with Crippen molar-refractivity contribution < 1.29 is 19.4 Å². The normalized spacial score (nSPS) is 16.7. The molecule has 1 fully saturated rings. The number of rotatable bonds is 8. The van der Waals surface area contributed by atoms with Crippen LogP contribution in [-0.2, 0) is 16.1 Å². The Bertz CT molecular complexity index is 1490. The number of hydrogen-bond donors (Lipinski definition) is 1. The third-order valence-electron chi connectivity index (χ3n) is 6.72. The Kier molecular flexibility index (Phi) is 7.09. The molecule has 192 valence electrons. The molecule has 1 aromatic heterocycles.